The SMILES string of the molecule is C=C/C(=C\C(=C)C)N=C. The maximum absolute atomic E-state index is 3.68. The van der Waals surface area contributed by atoms with Crippen molar-refractivity contribution in [3.8, 4) is 0 Å². The molecule has 0 saturated heterocycles. The summed E-state index contributed by atoms with van der Waals surface area (Å²) in [6, 6.07) is 0. The lowest BCUT2D eigenvalue weighted by Gasteiger charge is -1.89. The van der Waals surface area contributed by atoms with Crippen molar-refractivity contribution in [2.24, 2.45) is 4.99 Å². The van der Waals surface area contributed by atoms with E-state index in [1.165, 1.54) is 0 Å². The van der Waals surface area contributed by atoms with Crippen molar-refractivity contribution in [1.29, 1.82) is 0 Å². The minimum absolute atomic E-state index is 0.766. The van der Waals surface area contributed by atoms with Crippen LogP contribution in [0.1, 0.15) is 6.92 Å². The van der Waals surface area contributed by atoms with Gasteiger partial charge in [0.15, 0.2) is 0 Å². The molecule has 0 amide bonds. The van der Waals surface area contributed by atoms with E-state index in [0.717, 1.165) is 11.3 Å². The van der Waals surface area contributed by atoms with Gasteiger partial charge < -0.3 is 0 Å². The number of rotatable bonds is 3. The van der Waals surface area contributed by atoms with Gasteiger partial charge in [-0.15, -0.1) is 0 Å². The Hall–Kier alpha value is -1.11. The zero-order valence-corrected chi connectivity index (χ0v) is 5.72. The third kappa shape index (κ3) is 3.47. The Kier molecular flexibility index (Phi) is 3.37. The summed E-state index contributed by atoms with van der Waals surface area (Å²) in [6.45, 7) is 12.5. The fraction of sp³-hybridized carbons (Fsp3) is 0.125. The summed E-state index contributed by atoms with van der Waals surface area (Å²) in [5.41, 5.74) is 1.72. The van der Waals surface area contributed by atoms with Crippen molar-refractivity contribution in [2.75, 3.05) is 0 Å². The van der Waals surface area contributed by atoms with Crippen molar-refractivity contribution in [1.82, 2.24) is 0 Å². The van der Waals surface area contributed by atoms with Crippen LogP contribution in [0, 0.1) is 0 Å². The van der Waals surface area contributed by atoms with Crippen LogP contribution in [0.25, 0.3) is 0 Å². The molecular weight excluding hydrogens is 110 g/mol. The van der Waals surface area contributed by atoms with Crippen molar-refractivity contribution in [3.63, 3.8) is 0 Å². The van der Waals surface area contributed by atoms with Gasteiger partial charge in [-0.25, -0.2) is 0 Å². The van der Waals surface area contributed by atoms with Gasteiger partial charge in [0, 0.05) is 0 Å². The van der Waals surface area contributed by atoms with Gasteiger partial charge in [0.2, 0.25) is 0 Å². The molecule has 0 aromatic carbocycles. The molecule has 1 heteroatoms. The molecule has 0 radical (unpaired) electrons. The van der Waals surface area contributed by atoms with E-state index >= 15 is 0 Å². The first-order chi connectivity index (χ1) is 4.20. The smallest absolute Gasteiger partial charge is 0.0618 e. The Labute approximate surface area is 56.1 Å². The van der Waals surface area contributed by atoms with Gasteiger partial charge in [-0.2, -0.15) is 0 Å². The molecule has 0 aromatic rings. The highest BCUT2D eigenvalue weighted by atomic mass is 14.7. The Bertz CT molecular complexity index is 153. The number of hydrogen-bond donors (Lipinski definition) is 0. The molecular formula is C8H11N. The molecule has 0 aliphatic carbocycles. The summed E-state index contributed by atoms with van der Waals surface area (Å²) in [4.78, 5) is 3.68. The standard InChI is InChI=1S/C8H11N/c1-5-8(9-4)6-7(2)3/h5-6H,1-2,4H2,3H3/b8-6+. The Morgan fingerprint density at radius 2 is 2.11 bits per heavy atom. The number of hydrogen-bond acceptors (Lipinski definition) is 1. The minimum atomic E-state index is 0.766. The Morgan fingerprint density at radius 1 is 1.56 bits per heavy atom. The molecule has 48 valence electrons. The van der Waals surface area contributed by atoms with Crippen LogP contribution in [0.5, 0.6) is 0 Å². The summed E-state index contributed by atoms with van der Waals surface area (Å²) < 4.78 is 0. The Morgan fingerprint density at radius 3 is 2.22 bits per heavy atom. The molecule has 0 aliphatic heterocycles. The fourth-order valence-corrected chi connectivity index (χ4v) is 0.422. The third-order valence-corrected chi connectivity index (χ3v) is 0.786. The van der Waals surface area contributed by atoms with Gasteiger partial charge in [-0.05, 0) is 25.8 Å². The molecule has 0 heterocycles. The van der Waals surface area contributed by atoms with Gasteiger partial charge in [0.05, 0.1) is 5.70 Å². The number of nitrogens with zero attached hydrogens (tertiary/aromatic N) is 1. The largest absolute Gasteiger partial charge is 0.265 e. The molecule has 0 fully saturated rings. The van der Waals surface area contributed by atoms with E-state index in [-0.39, 0.29) is 0 Å². The van der Waals surface area contributed by atoms with E-state index in [1.807, 2.05) is 13.0 Å². The van der Waals surface area contributed by atoms with Gasteiger partial charge in [0.1, 0.15) is 0 Å². The fourth-order valence-electron chi connectivity index (χ4n) is 0.422. The van der Waals surface area contributed by atoms with Crippen LogP contribution >= 0.6 is 0 Å². The normalized spacial score (nSPS) is 10.6. The van der Waals surface area contributed by atoms with Crippen LogP contribution in [0.15, 0.2) is 41.6 Å². The molecule has 9 heavy (non-hydrogen) atoms. The van der Waals surface area contributed by atoms with Gasteiger partial charge in [0.25, 0.3) is 0 Å². The van der Waals surface area contributed by atoms with Crippen molar-refractivity contribution in [3.05, 3.63) is 36.6 Å². The molecule has 0 unspecified atom stereocenters. The van der Waals surface area contributed by atoms with E-state index < -0.39 is 0 Å². The zero-order valence-electron chi connectivity index (χ0n) is 5.72. The van der Waals surface area contributed by atoms with Gasteiger partial charge >= 0.3 is 0 Å². The van der Waals surface area contributed by atoms with E-state index in [0.29, 0.717) is 0 Å². The van der Waals surface area contributed by atoms with E-state index in [2.05, 4.69) is 24.9 Å². The third-order valence-electron chi connectivity index (χ3n) is 0.786. The highest BCUT2D eigenvalue weighted by Gasteiger charge is 1.81. The lowest BCUT2D eigenvalue weighted by atomic mass is 10.3. The van der Waals surface area contributed by atoms with Crippen molar-refractivity contribution in [2.45, 2.75) is 6.92 Å². The average molecular weight is 121 g/mol. The first kappa shape index (κ1) is 7.89. The van der Waals surface area contributed by atoms with Crippen LogP contribution in [-0.4, -0.2) is 6.72 Å². The molecule has 0 rings (SSSR count). The quantitative estimate of drug-likeness (QED) is 0.401. The van der Waals surface area contributed by atoms with E-state index in [1.54, 1.807) is 6.08 Å². The van der Waals surface area contributed by atoms with Crippen LogP contribution in [0.3, 0.4) is 0 Å². The van der Waals surface area contributed by atoms with Crippen LogP contribution in [0.4, 0.5) is 0 Å². The molecule has 0 spiro atoms. The molecule has 0 saturated carbocycles. The second kappa shape index (κ2) is 3.84. The average Bonchev–Trinajstić information content (AvgIpc) is 1.82. The zero-order chi connectivity index (χ0) is 7.28. The predicted molar refractivity (Wildman–Crippen MR) is 42.6 cm³/mol. The van der Waals surface area contributed by atoms with Crippen molar-refractivity contribution < 1.29 is 0 Å². The van der Waals surface area contributed by atoms with Crippen LogP contribution < -0.4 is 0 Å². The highest BCUT2D eigenvalue weighted by Crippen LogP contribution is 2.00. The maximum Gasteiger partial charge on any atom is 0.0618 e. The molecule has 0 atom stereocenters. The molecule has 0 bridgehead atoms. The van der Waals surface area contributed by atoms with Crippen LogP contribution in [0.2, 0.25) is 0 Å². The second-order valence-electron chi connectivity index (χ2n) is 1.78. The van der Waals surface area contributed by atoms with Crippen molar-refractivity contribution >= 4 is 6.72 Å². The summed E-state index contributed by atoms with van der Waals surface area (Å²) in [5, 5.41) is 0. The lowest BCUT2D eigenvalue weighted by molar-refractivity contribution is 1.40. The first-order valence-electron chi connectivity index (χ1n) is 2.67. The molecule has 0 aromatic heterocycles. The molecule has 1 nitrogen and oxygen atoms in total. The second-order valence-corrected chi connectivity index (χ2v) is 1.78. The number of allylic oxidation sites excluding steroid dienone is 3. The van der Waals surface area contributed by atoms with Crippen LogP contribution in [-0.2, 0) is 0 Å². The first-order valence-corrected chi connectivity index (χ1v) is 2.67. The van der Waals surface area contributed by atoms with E-state index in [4.69, 9.17) is 0 Å². The predicted octanol–water partition coefficient (Wildman–Crippen LogP) is 2.33. The summed E-state index contributed by atoms with van der Waals surface area (Å²) in [7, 11) is 0. The summed E-state index contributed by atoms with van der Waals surface area (Å²) >= 11 is 0. The lowest BCUT2D eigenvalue weighted by Crippen LogP contribution is -1.69. The summed E-state index contributed by atoms with van der Waals surface area (Å²) in [6.07, 6.45) is 3.46. The maximum atomic E-state index is 3.68. The van der Waals surface area contributed by atoms with Gasteiger partial charge in [-0.3, -0.25) is 4.99 Å². The van der Waals surface area contributed by atoms with E-state index in [9.17, 15) is 0 Å². The minimum Gasteiger partial charge on any atom is -0.265 e. The molecule has 0 N–H and O–H groups in total. The highest BCUT2D eigenvalue weighted by molar-refractivity contribution is 5.35. The van der Waals surface area contributed by atoms with Gasteiger partial charge in [-0.1, -0.05) is 18.7 Å². The summed E-state index contributed by atoms with van der Waals surface area (Å²) in [5.74, 6) is 0. The molecule has 0 aliphatic rings. The topological polar surface area (TPSA) is 12.4 Å². The monoisotopic (exact) mass is 121 g/mol. The Balaban J connectivity index is 4.24. The number of aliphatic imine (C=N–C) groups is 1.